The molecule has 0 aromatic heterocycles. The van der Waals surface area contributed by atoms with Crippen LogP contribution in [0.2, 0.25) is 0 Å². The Balaban J connectivity index is 0. The number of hydrogen-bond acceptors (Lipinski definition) is 2. The highest BCUT2D eigenvalue weighted by atomic mass is 32.2. The van der Waals surface area contributed by atoms with Gasteiger partial charge in [-0.05, 0) is 18.0 Å². The predicted octanol–water partition coefficient (Wildman–Crippen LogP) is 0.635. The van der Waals surface area contributed by atoms with E-state index in [0.29, 0.717) is 0 Å². The van der Waals surface area contributed by atoms with Crippen LogP contribution in [0.1, 0.15) is 0 Å². The van der Waals surface area contributed by atoms with E-state index in [1.54, 1.807) is 11.8 Å². The molecular weight excluding hydrogens is 158 g/mol. The lowest BCUT2D eigenvalue weighted by Gasteiger charge is -2.07. The first-order valence-electron chi connectivity index (χ1n) is 3.07. The fraction of sp³-hybridized carbons (Fsp3) is 0.714. The first kappa shape index (κ1) is 12.9. The van der Waals surface area contributed by atoms with Crippen molar-refractivity contribution >= 4 is 16.9 Å². The van der Waals surface area contributed by atoms with Crippen LogP contribution in [-0.2, 0) is 0 Å². The van der Waals surface area contributed by atoms with E-state index >= 15 is 0 Å². The van der Waals surface area contributed by atoms with E-state index in [4.69, 9.17) is 11.8 Å². The van der Waals surface area contributed by atoms with Crippen LogP contribution in [0.15, 0.2) is 0 Å². The van der Waals surface area contributed by atoms with Crippen molar-refractivity contribution in [1.82, 2.24) is 4.90 Å². The third kappa shape index (κ3) is 5.74. The van der Waals surface area contributed by atoms with Crippen LogP contribution >= 0.6 is 11.8 Å². The van der Waals surface area contributed by atoms with Crippen LogP contribution in [0.3, 0.4) is 0 Å². The quantitative estimate of drug-likeness (QED) is 0.233. The van der Waals surface area contributed by atoms with Gasteiger partial charge in [0.25, 0.3) is 0 Å². The molecule has 0 rings (SSSR count). The minimum atomic E-state index is 1.27. The topological polar surface area (TPSA) is 30.0 Å². The van der Waals surface area contributed by atoms with E-state index < -0.39 is 0 Å². The van der Waals surface area contributed by atoms with Gasteiger partial charge >= 0.3 is 5.17 Å². The molecule has 0 heterocycles. The Morgan fingerprint density at radius 2 is 1.73 bits per heavy atom. The van der Waals surface area contributed by atoms with Gasteiger partial charge in [0, 0.05) is 0 Å². The average Bonchev–Trinajstić information content (AvgIpc) is 1.91. The number of hydrogen-bond donors (Lipinski definition) is 0. The summed E-state index contributed by atoms with van der Waals surface area (Å²) in [6.45, 7) is 4.75. The first-order valence-corrected chi connectivity index (χ1v) is 4.30. The summed E-state index contributed by atoms with van der Waals surface area (Å²) in [5.74, 6) is 0. The van der Waals surface area contributed by atoms with Crippen molar-refractivity contribution < 1.29 is 4.58 Å². The lowest BCUT2D eigenvalue weighted by Crippen LogP contribution is -2.26. The zero-order valence-electron chi connectivity index (χ0n) is 7.75. The Morgan fingerprint density at radius 3 is 1.73 bits per heavy atom. The van der Waals surface area contributed by atoms with Gasteiger partial charge in [-0.2, -0.15) is 0 Å². The largest absolute Gasteiger partial charge is 0.512 e. The molecule has 0 aromatic rings. The molecule has 0 aliphatic carbocycles. The minimum absolute atomic E-state index is 1.27. The van der Waals surface area contributed by atoms with Crippen molar-refractivity contribution in [2.24, 2.45) is 0 Å². The summed E-state index contributed by atoms with van der Waals surface area (Å²) in [7, 11) is 8.19. The van der Waals surface area contributed by atoms with Crippen molar-refractivity contribution in [3.63, 3.8) is 0 Å². The number of thioether (sulfide) groups is 1. The zero-order valence-corrected chi connectivity index (χ0v) is 8.57. The van der Waals surface area contributed by atoms with Gasteiger partial charge in [0.05, 0.1) is 28.2 Å². The molecule has 0 bridgehead atoms. The molecule has 0 spiro atoms. The number of amidine groups is 1. The zero-order chi connectivity index (χ0) is 9.44. The standard InChI is InChI=1S/C6H15N2S.CN/c1-7(2)6(9-5)8(3)4;1-2/h1-5H3;/q+1;-1. The Bertz CT molecular complexity index is 145. The molecule has 0 aliphatic rings. The van der Waals surface area contributed by atoms with Crippen molar-refractivity contribution in [2.75, 3.05) is 34.4 Å². The maximum Gasteiger partial charge on any atom is 0.307 e. The summed E-state index contributed by atoms with van der Waals surface area (Å²) in [4.78, 5) is 2.10. The molecule has 11 heavy (non-hydrogen) atoms. The summed E-state index contributed by atoms with van der Waals surface area (Å²) in [5, 5.41) is 7.52. The molecule has 0 saturated heterocycles. The molecule has 4 heteroatoms. The van der Waals surface area contributed by atoms with E-state index in [1.165, 1.54) is 5.17 Å². The highest BCUT2D eigenvalue weighted by molar-refractivity contribution is 8.12. The molecule has 0 aromatic carbocycles. The molecule has 0 N–H and O–H groups in total. The summed E-state index contributed by atoms with van der Waals surface area (Å²) in [5.41, 5.74) is 0. The second-order valence-electron chi connectivity index (χ2n) is 2.28. The third-order valence-corrected chi connectivity index (χ3v) is 2.04. The molecule has 0 saturated carbocycles. The van der Waals surface area contributed by atoms with E-state index in [1.807, 2.05) is 28.2 Å². The molecule has 3 nitrogen and oxygen atoms in total. The summed E-state index contributed by atoms with van der Waals surface area (Å²) in [6, 6.07) is 0. The van der Waals surface area contributed by atoms with Crippen LogP contribution < -0.4 is 0 Å². The maximum absolute atomic E-state index is 6.25. The Morgan fingerprint density at radius 1 is 1.36 bits per heavy atom. The SMILES string of the molecule is CSC(N(C)C)=[N+](C)C.[C-]#N. The highest BCUT2D eigenvalue weighted by Gasteiger charge is 2.07. The van der Waals surface area contributed by atoms with E-state index in [-0.39, 0.29) is 0 Å². The van der Waals surface area contributed by atoms with Crippen molar-refractivity contribution in [1.29, 1.82) is 5.26 Å². The fourth-order valence-corrected chi connectivity index (χ4v) is 1.50. The second kappa shape index (κ2) is 7.42. The van der Waals surface area contributed by atoms with E-state index in [9.17, 15) is 0 Å². The van der Waals surface area contributed by atoms with Crippen molar-refractivity contribution in [3.05, 3.63) is 6.57 Å². The van der Waals surface area contributed by atoms with Gasteiger partial charge in [-0.25, -0.2) is 0 Å². The van der Waals surface area contributed by atoms with Gasteiger partial charge in [-0.15, -0.1) is 0 Å². The second-order valence-corrected chi connectivity index (χ2v) is 3.05. The van der Waals surface area contributed by atoms with Crippen LogP contribution in [0.4, 0.5) is 0 Å². The first-order chi connectivity index (χ1) is 5.09. The lowest BCUT2D eigenvalue weighted by atomic mass is 10.9. The number of rotatable bonds is 0. The molecule has 64 valence electrons. The van der Waals surface area contributed by atoms with Crippen molar-refractivity contribution in [2.45, 2.75) is 0 Å². The van der Waals surface area contributed by atoms with E-state index in [0.717, 1.165) is 0 Å². The summed E-state index contributed by atoms with van der Waals surface area (Å²) < 4.78 is 2.10. The van der Waals surface area contributed by atoms with Gasteiger partial charge in [-0.1, -0.05) is 0 Å². The van der Waals surface area contributed by atoms with Crippen LogP contribution in [-0.4, -0.2) is 49.1 Å². The van der Waals surface area contributed by atoms with Crippen molar-refractivity contribution in [3.8, 4) is 0 Å². The van der Waals surface area contributed by atoms with Crippen LogP contribution in [0.5, 0.6) is 0 Å². The Labute approximate surface area is 73.3 Å². The summed E-state index contributed by atoms with van der Waals surface area (Å²) >= 11 is 1.75. The summed E-state index contributed by atoms with van der Waals surface area (Å²) in [6.07, 6.45) is 2.08. The van der Waals surface area contributed by atoms with Crippen LogP contribution in [0, 0.1) is 11.8 Å². The van der Waals surface area contributed by atoms with Gasteiger partial charge < -0.3 is 11.8 Å². The molecule has 0 aliphatic heterocycles. The third-order valence-electron chi connectivity index (χ3n) is 0.948. The number of nitrogens with zero attached hydrogens (tertiary/aromatic N) is 3. The normalized spacial score (nSPS) is 7.55. The van der Waals surface area contributed by atoms with E-state index in [2.05, 4.69) is 15.7 Å². The Hall–Kier alpha value is -0.690. The Kier molecular flexibility index (Phi) is 8.73. The smallest absolute Gasteiger partial charge is 0.307 e. The van der Waals surface area contributed by atoms with Gasteiger partial charge in [0.1, 0.15) is 0 Å². The fourth-order valence-electron chi connectivity index (χ4n) is 0.765. The molecule has 0 radical (unpaired) electrons. The molecule has 0 unspecified atom stereocenters. The predicted molar refractivity (Wildman–Crippen MR) is 49.3 cm³/mol. The molecule has 0 fully saturated rings. The monoisotopic (exact) mass is 173 g/mol. The molecular formula is C7H15N3S. The van der Waals surface area contributed by atoms with Gasteiger partial charge in [0.15, 0.2) is 0 Å². The maximum atomic E-state index is 6.25. The van der Waals surface area contributed by atoms with Crippen LogP contribution in [0.25, 0.3) is 0 Å². The van der Waals surface area contributed by atoms with Gasteiger partial charge in [0.2, 0.25) is 0 Å². The minimum Gasteiger partial charge on any atom is -0.512 e. The molecule has 0 atom stereocenters. The highest BCUT2D eigenvalue weighted by Crippen LogP contribution is 1.97. The average molecular weight is 173 g/mol. The van der Waals surface area contributed by atoms with Gasteiger partial charge in [-0.3, -0.25) is 9.48 Å². The lowest BCUT2D eigenvalue weighted by molar-refractivity contribution is -0.466. The molecule has 0 amide bonds.